The lowest BCUT2D eigenvalue weighted by Gasteiger charge is -2.19. The fourth-order valence-corrected chi connectivity index (χ4v) is 3.58. The quantitative estimate of drug-likeness (QED) is 0.804. The van der Waals surface area contributed by atoms with Crippen molar-refractivity contribution in [2.24, 2.45) is 0 Å². The molecule has 24 heavy (non-hydrogen) atoms. The lowest BCUT2D eigenvalue weighted by molar-refractivity contribution is -0.127. The summed E-state index contributed by atoms with van der Waals surface area (Å²) in [5.41, 5.74) is 2.70. The van der Waals surface area contributed by atoms with Crippen molar-refractivity contribution >= 4 is 11.8 Å². The minimum Gasteiger partial charge on any atom is -0.383 e. The Labute approximate surface area is 142 Å². The molecule has 2 fully saturated rings. The highest BCUT2D eigenvalue weighted by molar-refractivity contribution is 5.99. The third kappa shape index (κ3) is 3.06. The van der Waals surface area contributed by atoms with Crippen LogP contribution in [0.5, 0.6) is 0 Å². The second-order valence-corrected chi connectivity index (χ2v) is 6.47. The van der Waals surface area contributed by atoms with Crippen LogP contribution < -0.4 is 0 Å². The van der Waals surface area contributed by atoms with Gasteiger partial charge in [-0.05, 0) is 26.3 Å². The molecule has 1 unspecified atom stereocenters. The van der Waals surface area contributed by atoms with Crippen LogP contribution in [0.25, 0.3) is 0 Å². The van der Waals surface area contributed by atoms with Gasteiger partial charge in [0.1, 0.15) is 6.54 Å². The fourth-order valence-electron chi connectivity index (χ4n) is 3.58. The average molecular weight is 335 g/mol. The summed E-state index contributed by atoms with van der Waals surface area (Å²) >= 11 is 0. The topological polar surface area (TPSA) is 64.0 Å². The number of amides is 2. The number of carbonyl (C=O) groups is 2. The van der Waals surface area contributed by atoms with E-state index in [4.69, 9.17) is 9.47 Å². The van der Waals surface area contributed by atoms with E-state index in [0.29, 0.717) is 38.0 Å². The summed E-state index contributed by atoms with van der Waals surface area (Å²) in [5, 5.41) is 0. The first-order chi connectivity index (χ1) is 11.5. The van der Waals surface area contributed by atoms with Crippen molar-refractivity contribution in [3.05, 3.63) is 23.0 Å². The molecule has 0 radical (unpaired) electrons. The molecule has 0 spiro atoms. The summed E-state index contributed by atoms with van der Waals surface area (Å²) in [6.45, 7) is 6.90. The molecule has 2 aliphatic rings. The standard InChI is InChI=1S/C17H25N3O4/c1-12-8-15(13(2)20(12)14-4-6-24-10-14)17(22)19-9-16(21)18(11-19)5-7-23-3/h8,14H,4-7,9-11H2,1-3H3. The molecule has 0 bridgehead atoms. The van der Waals surface area contributed by atoms with E-state index >= 15 is 0 Å². The SMILES string of the molecule is COCCN1CN(C(=O)c2cc(C)n(C3CCOC3)c2C)CC1=O. The number of ether oxygens (including phenoxy) is 2. The highest BCUT2D eigenvalue weighted by Gasteiger charge is 2.33. The predicted molar refractivity (Wildman–Crippen MR) is 87.9 cm³/mol. The molecule has 2 aliphatic heterocycles. The van der Waals surface area contributed by atoms with Gasteiger partial charge in [0.25, 0.3) is 5.91 Å². The van der Waals surface area contributed by atoms with Gasteiger partial charge < -0.3 is 23.8 Å². The van der Waals surface area contributed by atoms with E-state index in [9.17, 15) is 9.59 Å². The third-order valence-corrected chi connectivity index (χ3v) is 4.86. The van der Waals surface area contributed by atoms with Crippen molar-refractivity contribution in [2.75, 3.05) is 46.7 Å². The van der Waals surface area contributed by atoms with Crippen molar-refractivity contribution < 1.29 is 19.1 Å². The van der Waals surface area contributed by atoms with E-state index < -0.39 is 0 Å². The lowest BCUT2D eigenvalue weighted by Crippen LogP contribution is -2.33. The number of hydrogen-bond acceptors (Lipinski definition) is 4. The van der Waals surface area contributed by atoms with Gasteiger partial charge in [0.15, 0.2) is 0 Å². The minimum atomic E-state index is -0.0819. The molecule has 1 atom stereocenters. The van der Waals surface area contributed by atoms with Crippen molar-refractivity contribution in [1.29, 1.82) is 0 Å². The van der Waals surface area contributed by atoms with E-state index in [1.807, 2.05) is 19.9 Å². The first-order valence-corrected chi connectivity index (χ1v) is 8.35. The molecule has 7 heteroatoms. The Morgan fingerprint density at radius 3 is 2.88 bits per heavy atom. The molecule has 2 amide bonds. The number of aryl methyl sites for hydroxylation is 1. The number of aromatic nitrogens is 1. The zero-order valence-corrected chi connectivity index (χ0v) is 14.6. The Morgan fingerprint density at radius 1 is 1.42 bits per heavy atom. The molecular formula is C17H25N3O4. The van der Waals surface area contributed by atoms with Gasteiger partial charge in [-0.25, -0.2) is 0 Å². The van der Waals surface area contributed by atoms with Crippen molar-refractivity contribution in [2.45, 2.75) is 26.3 Å². The van der Waals surface area contributed by atoms with Crippen LogP contribution in [-0.2, 0) is 14.3 Å². The zero-order valence-electron chi connectivity index (χ0n) is 14.6. The molecule has 3 rings (SSSR count). The predicted octanol–water partition coefficient (Wildman–Crippen LogP) is 0.955. The van der Waals surface area contributed by atoms with Crippen molar-refractivity contribution in [1.82, 2.24) is 14.4 Å². The molecule has 132 valence electrons. The van der Waals surface area contributed by atoms with Crippen molar-refractivity contribution in [3.8, 4) is 0 Å². The maximum atomic E-state index is 12.9. The van der Waals surface area contributed by atoms with Crippen LogP contribution in [0.1, 0.15) is 34.2 Å². The van der Waals surface area contributed by atoms with E-state index in [0.717, 1.165) is 24.4 Å². The van der Waals surface area contributed by atoms with Gasteiger partial charge in [0, 0.05) is 31.6 Å². The Bertz CT molecular complexity index is 634. The maximum Gasteiger partial charge on any atom is 0.257 e. The Hall–Kier alpha value is -1.86. The maximum absolute atomic E-state index is 12.9. The van der Waals surface area contributed by atoms with Crippen LogP contribution in [0.4, 0.5) is 0 Å². The number of nitrogens with zero attached hydrogens (tertiary/aromatic N) is 3. The molecule has 1 aromatic heterocycles. The van der Waals surface area contributed by atoms with Crippen molar-refractivity contribution in [3.63, 3.8) is 0 Å². The third-order valence-electron chi connectivity index (χ3n) is 4.86. The molecule has 0 saturated carbocycles. The highest BCUT2D eigenvalue weighted by atomic mass is 16.5. The molecule has 3 heterocycles. The summed E-state index contributed by atoms with van der Waals surface area (Å²) in [7, 11) is 1.60. The molecule has 0 aliphatic carbocycles. The van der Waals surface area contributed by atoms with Gasteiger partial charge in [-0.1, -0.05) is 0 Å². The highest BCUT2D eigenvalue weighted by Crippen LogP contribution is 2.27. The summed E-state index contributed by atoms with van der Waals surface area (Å²) < 4.78 is 12.7. The van der Waals surface area contributed by atoms with Crippen LogP contribution in [0, 0.1) is 13.8 Å². The van der Waals surface area contributed by atoms with Crippen LogP contribution in [0.2, 0.25) is 0 Å². The number of carbonyl (C=O) groups excluding carboxylic acids is 2. The average Bonchev–Trinajstić information content (AvgIpc) is 3.25. The fraction of sp³-hybridized carbons (Fsp3) is 0.647. The molecule has 1 aromatic rings. The molecule has 2 saturated heterocycles. The van der Waals surface area contributed by atoms with Gasteiger partial charge in [0.2, 0.25) is 5.91 Å². The molecular weight excluding hydrogens is 310 g/mol. The van der Waals surface area contributed by atoms with E-state index in [2.05, 4.69) is 4.57 Å². The smallest absolute Gasteiger partial charge is 0.257 e. The van der Waals surface area contributed by atoms with Gasteiger partial charge in [-0.3, -0.25) is 9.59 Å². The van der Waals surface area contributed by atoms with E-state index in [1.54, 1.807) is 16.9 Å². The van der Waals surface area contributed by atoms with Gasteiger partial charge in [0.05, 0.1) is 31.5 Å². The number of hydrogen-bond donors (Lipinski definition) is 0. The van der Waals surface area contributed by atoms with Gasteiger partial charge in [-0.2, -0.15) is 0 Å². The molecule has 0 N–H and O–H groups in total. The van der Waals surface area contributed by atoms with Crippen LogP contribution in [-0.4, -0.2) is 72.9 Å². The second kappa shape index (κ2) is 6.94. The van der Waals surface area contributed by atoms with E-state index in [1.165, 1.54) is 0 Å². The Morgan fingerprint density at radius 2 is 2.21 bits per heavy atom. The zero-order chi connectivity index (χ0) is 17.3. The minimum absolute atomic E-state index is 0.0293. The second-order valence-electron chi connectivity index (χ2n) is 6.47. The summed E-state index contributed by atoms with van der Waals surface area (Å²) in [4.78, 5) is 28.2. The largest absolute Gasteiger partial charge is 0.383 e. The summed E-state index contributed by atoms with van der Waals surface area (Å²) in [5.74, 6) is -0.111. The normalized spacial score (nSPS) is 21.1. The molecule has 7 nitrogen and oxygen atoms in total. The van der Waals surface area contributed by atoms with Gasteiger partial charge in [-0.15, -0.1) is 0 Å². The molecule has 0 aromatic carbocycles. The monoisotopic (exact) mass is 335 g/mol. The first-order valence-electron chi connectivity index (χ1n) is 8.35. The van der Waals surface area contributed by atoms with Crippen LogP contribution in [0.15, 0.2) is 6.07 Å². The Kier molecular flexibility index (Phi) is 4.91. The van der Waals surface area contributed by atoms with Crippen LogP contribution in [0.3, 0.4) is 0 Å². The number of methoxy groups -OCH3 is 1. The van der Waals surface area contributed by atoms with Gasteiger partial charge >= 0.3 is 0 Å². The number of rotatable bonds is 5. The Balaban J connectivity index is 1.76. The van der Waals surface area contributed by atoms with Crippen LogP contribution >= 0.6 is 0 Å². The first kappa shape index (κ1) is 17.0. The van der Waals surface area contributed by atoms with E-state index in [-0.39, 0.29) is 18.4 Å². The summed E-state index contributed by atoms with van der Waals surface area (Å²) in [6, 6.07) is 2.23. The lowest BCUT2D eigenvalue weighted by atomic mass is 10.2. The summed E-state index contributed by atoms with van der Waals surface area (Å²) in [6.07, 6.45) is 0.969.